The molecule has 2 rings (SSSR count). The highest BCUT2D eigenvalue weighted by atomic mass is 16.6. The van der Waals surface area contributed by atoms with Crippen LogP contribution in [0.3, 0.4) is 0 Å². The summed E-state index contributed by atoms with van der Waals surface area (Å²) in [7, 11) is 0. The van der Waals surface area contributed by atoms with Crippen LogP contribution >= 0.6 is 0 Å². The number of aromatic nitrogens is 1. The first-order valence-electron chi connectivity index (χ1n) is 6.18. The summed E-state index contributed by atoms with van der Waals surface area (Å²) in [5.74, 6) is 0.335. The molecule has 0 radical (unpaired) electrons. The highest BCUT2D eigenvalue weighted by Gasteiger charge is 2.20. The van der Waals surface area contributed by atoms with Crippen molar-refractivity contribution in [3.8, 4) is 0 Å². The second-order valence-electron chi connectivity index (χ2n) is 4.69. The maximum absolute atomic E-state index is 10.8. The Morgan fingerprint density at radius 3 is 2.83 bits per heavy atom. The topological polar surface area (TPSA) is 88.3 Å². The zero-order valence-electron chi connectivity index (χ0n) is 10.1. The molecule has 0 amide bonds. The summed E-state index contributed by atoms with van der Waals surface area (Å²) < 4.78 is 0. The fourth-order valence-corrected chi connectivity index (χ4v) is 2.28. The third-order valence-electron chi connectivity index (χ3n) is 3.36. The molecule has 0 aliphatic heterocycles. The predicted octanol–water partition coefficient (Wildman–Crippen LogP) is 1.95. The van der Waals surface area contributed by atoms with Gasteiger partial charge in [-0.1, -0.05) is 0 Å². The Balaban J connectivity index is 1.92. The number of anilines is 1. The second kappa shape index (κ2) is 5.77. The van der Waals surface area contributed by atoms with E-state index in [-0.39, 0.29) is 11.9 Å². The van der Waals surface area contributed by atoms with Crippen LogP contribution in [0.4, 0.5) is 11.5 Å². The quantitative estimate of drug-likeness (QED) is 0.630. The summed E-state index contributed by atoms with van der Waals surface area (Å²) in [5, 5.41) is 23.3. The molecule has 98 valence electrons. The Morgan fingerprint density at radius 2 is 2.17 bits per heavy atom. The monoisotopic (exact) mass is 251 g/mol. The van der Waals surface area contributed by atoms with E-state index in [1.54, 1.807) is 12.1 Å². The molecule has 0 bridgehead atoms. The number of nitrogens with one attached hydrogen (secondary N) is 1. The number of aliphatic hydroxyl groups is 1. The predicted molar refractivity (Wildman–Crippen MR) is 67.3 cm³/mol. The van der Waals surface area contributed by atoms with Gasteiger partial charge in [0.15, 0.2) is 0 Å². The van der Waals surface area contributed by atoms with Crippen LogP contribution < -0.4 is 5.32 Å². The van der Waals surface area contributed by atoms with E-state index in [4.69, 9.17) is 0 Å². The van der Waals surface area contributed by atoms with Gasteiger partial charge < -0.3 is 20.5 Å². The summed E-state index contributed by atoms with van der Waals surface area (Å²) in [6, 6.07) is 3.35. The molecule has 18 heavy (non-hydrogen) atoms. The number of hydrogen-bond acceptors (Lipinski definition) is 5. The van der Waals surface area contributed by atoms with Crippen LogP contribution in [0.1, 0.15) is 25.7 Å². The molecule has 6 nitrogen and oxygen atoms in total. The van der Waals surface area contributed by atoms with Crippen molar-refractivity contribution < 1.29 is 10.0 Å². The van der Waals surface area contributed by atoms with E-state index >= 15 is 0 Å². The van der Waals surface area contributed by atoms with E-state index in [2.05, 4.69) is 10.3 Å². The van der Waals surface area contributed by atoms with Gasteiger partial charge in [-0.3, -0.25) is 0 Å². The Kier molecular flexibility index (Phi) is 4.09. The Labute approximate surface area is 105 Å². The van der Waals surface area contributed by atoms with Crippen molar-refractivity contribution in [3.05, 3.63) is 28.4 Å². The van der Waals surface area contributed by atoms with Crippen molar-refractivity contribution in [2.24, 2.45) is 5.92 Å². The van der Waals surface area contributed by atoms with E-state index in [0.717, 1.165) is 25.7 Å². The van der Waals surface area contributed by atoms with Crippen LogP contribution in [-0.2, 0) is 0 Å². The van der Waals surface area contributed by atoms with Crippen molar-refractivity contribution in [3.63, 3.8) is 0 Å². The third kappa shape index (κ3) is 3.16. The van der Waals surface area contributed by atoms with Crippen LogP contribution in [0.2, 0.25) is 0 Å². The van der Waals surface area contributed by atoms with Crippen molar-refractivity contribution in [2.75, 3.05) is 11.9 Å². The fraction of sp³-hybridized carbons (Fsp3) is 0.583. The first-order valence-corrected chi connectivity index (χ1v) is 6.18. The van der Waals surface area contributed by atoms with Crippen LogP contribution in [0.25, 0.3) is 0 Å². The Morgan fingerprint density at radius 1 is 1.44 bits per heavy atom. The third-order valence-corrected chi connectivity index (χ3v) is 3.36. The van der Waals surface area contributed by atoms with Gasteiger partial charge in [-0.05, 0) is 53.6 Å². The highest BCUT2D eigenvalue weighted by molar-refractivity contribution is 5.56. The fourth-order valence-electron chi connectivity index (χ4n) is 2.28. The molecule has 1 aromatic rings. The number of hydrogen-bond donors (Lipinski definition) is 2. The SMILES string of the molecule is O=[N+]([O-])c1ncccc1NCC1CCC(O)CC1. The lowest BCUT2D eigenvalue weighted by Crippen LogP contribution is -2.23. The first kappa shape index (κ1) is 12.8. The largest absolute Gasteiger partial charge is 0.393 e. The first-order chi connectivity index (χ1) is 8.66. The summed E-state index contributed by atoms with van der Waals surface area (Å²) in [5.41, 5.74) is 0.466. The number of rotatable bonds is 4. The maximum atomic E-state index is 10.8. The van der Waals surface area contributed by atoms with Gasteiger partial charge in [-0.15, -0.1) is 0 Å². The van der Waals surface area contributed by atoms with E-state index in [1.165, 1.54) is 6.20 Å². The average molecular weight is 251 g/mol. The highest BCUT2D eigenvalue weighted by Crippen LogP contribution is 2.26. The number of pyridine rings is 1. The van der Waals surface area contributed by atoms with E-state index in [9.17, 15) is 15.2 Å². The Hall–Kier alpha value is -1.69. The molecule has 2 N–H and O–H groups in total. The van der Waals surface area contributed by atoms with Crippen LogP contribution in [-0.4, -0.2) is 27.7 Å². The molecule has 1 fully saturated rings. The summed E-state index contributed by atoms with van der Waals surface area (Å²) in [4.78, 5) is 14.1. The molecular weight excluding hydrogens is 234 g/mol. The molecule has 1 heterocycles. The molecule has 6 heteroatoms. The molecule has 0 aromatic carbocycles. The minimum absolute atomic E-state index is 0.131. The van der Waals surface area contributed by atoms with Crippen molar-refractivity contribution in [1.82, 2.24) is 4.98 Å². The van der Waals surface area contributed by atoms with Gasteiger partial charge in [-0.2, -0.15) is 0 Å². The second-order valence-corrected chi connectivity index (χ2v) is 4.69. The van der Waals surface area contributed by atoms with Crippen molar-refractivity contribution in [2.45, 2.75) is 31.8 Å². The molecule has 0 atom stereocenters. The van der Waals surface area contributed by atoms with Gasteiger partial charge in [0.25, 0.3) is 0 Å². The van der Waals surface area contributed by atoms with Crippen LogP contribution in [0.15, 0.2) is 18.3 Å². The average Bonchev–Trinajstić information content (AvgIpc) is 2.38. The summed E-state index contributed by atoms with van der Waals surface area (Å²) >= 11 is 0. The molecule has 1 saturated carbocycles. The molecule has 0 spiro atoms. The Bertz CT molecular complexity index is 417. The van der Waals surface area contributed by atoms with E-state index in [0.29, 0.717) is 18.2 Å². The zero-order chi connectivity index (χ0) is 13.0. The minimum atomic E-state index is -0.479. The lowest BCUT2D eigenvalue weighted by atomic mass is 9.87. The van der Waals surface area contributed by atoms with Gasteiger partial charge in [0, 0.05) is 6.54 Å². The van der Waals surface area contributed by atoms with Gasteiger partial charge >= 0.3 is 5.82 Å². The lowest BCUT2D eigenvalue weighted by molar-refractivity contribution is -0.388. The zero-order valence-corrected chi connectivity index (χ0v) is 10.1. The molecule has 1 aliphatic carbocycles. The molecule has 0 saturated heterocycles. The standard InChI is InChI=1S/C12H17N3O3/c16-10-5-3-9(4-6-10)8-14-11-2-1-7-13-12(11)15(17)18/h1-2,7,9-10,14,16H,3-6,8H2. The molecule has 0 unspecified atom stereocenters. The van der Waals surface area contributed by atoms with Gasteiger partial charge in [0.05, 0.1) is 6.10 Å². The van der Waals surface area contributed by atoms with Crippen LogP contribution in [0.5, 0.6) is 0 Å². The lowest BCUT2D eigenvalue weighted by Gasteiger charge is -2.25. The van der Waals surface area contributed by atoms with Crippen LogP contribution in [0, 0.1) is 16.0 Å². The normalized spacial score (nSPS) is 23.6. The number of nitro groups is 1. The summed E-state index contributed by atoms with van der Waals surface area (Å²) in [6.07, 6.45) is 4.81. The molecular formula is C12H17N3O3. The van der Waals surface area contributed by atoms with Gasteiger partial charge in [-0.25, -0.2) is 0 Å². The number of aliphatic hydroxyl groups excluding tert-OH is 1. The van der Waals surface area contributed by atoms with Crippen molar-refractivity contribution in [1.29, 1.82) is 0 Å². The molecule has 1 aliphatic rings. The number of nitrogens with zero attached hydrogens (tertiary/aromatic N) is 2. The smallest absolute Gasteiger partial charge is 0.386 e. The maximum Gasteiger partial charge on any atom is 0.386 e. The minimum Gasteiger partial charge on any atom is -0.393 e. The molecule has 1 aromatic heterocycles. The summed E-state index contributed by atoms with van der Waals surface area (Å²) in [6.45, 7) is 0.694. The van der Waals surface area contributed by atoms with E-state index in [1.807, 2.05) is 0 Å². The van der Waals surface area contributed by atoms with Gasteiger partial charge in [0.2, 0.25) is 0 Å². The van der Waals surface area contributed by atoms with E-state index < -0.39 is 4.92 Å². The van der Waals surface area contributed by atoms with Gasteiger partial charge in [0.1, 0.15) is 11.9 Å². The van der Waals surface area contributed by atoms with Crippen molar-refractivity contribution >= 4 is 11.5 Å².